The highest BCUT2D eigenvalue weighted by molar-refractivity contribution is 7.89. The monoisotopic (exact) mass is 395 g/mol. The van der Waals surface area contributed by atoms with E-state index in [-0.39, 0.29) is 23.5 Å². The van der Waals surface area contributed by atoms with Crippen molar-refractivity contribution in [1.29, 1.82) is 0 Å². The molecule has 150 valence electrons. The number of hydrogen-bond donors (Lipinski definition) is 1. The largest absolute Gasteiger partial charge is 0.490 e. The van der Waals surface area contributed by atoms with Crippen LogP contribution in [0.2, 0.25) is 0 Å². The third-order valence-electron chi connectivity index (χ3n) is 5.31. The third kappa shape index (κ3) is 5.21. The highest BCUT2D eigenvalue weighted by atomic mass is 32.2. The predicted molar refractivity (Wildman–Crippen MR) is 103 cm³/mol. The number of sulfonamides is 1. The first-order chi connectivity index (χ1) is 12.8. The van der Waals surface area contributed by atoms with Crippen molar-refractivity contribution >= 4 is 15.9 Å². The number of amides is 1. The SMILES string of the molecule is Cc1cc(OC2CCCC2)ccc1S(=O)(=O)NCC(=O)N1CCN(C)CC1. The average molecular weight is 396 g/mol. The van der Waals surface area contributed by atoms with Crippen molar-refractivity contribution in [3.63, 3.8) is 0 Å². The Bertz CT molecular complexity index is 767. The molecule has 3 rings (SSSR count). The van der Waals surface area contributed by atoms with Gasteiger partial charge >= 0.3 is 0 Å². The summed E-state index contributed by atoms with van der Waals surface area (Å²) in [6.07, 6.45) is 4.69. The number of carbonyl (C=O) groups is 1. The molecule has 7 nitrogen and oxygen atoms in total. The quantitative estimate of drug-likeness (QED) is 0.787. The first kappa shape index (κ1) is 20.1. The van der Waals surface area contributed by atoms with Crippen molar-refractivity contribution in [3.8, 4) is 5.75 Å². The summed E-state index contributed by atoms with van der Waals surface area (Å²) in [5.41, 5.74) is 0.616. The normalized spacial score (nSPS) is 19.4. The van der Waals surface area contributed by atoms with E-state index in [1.54, 1.807) is 30.0 Å². The molecule has 0 spiro atoms. The number of carbonyl (C=O) groups excluding carboxylic acids is 1. The van der Waals surface area contributed by atoms with Crippen LogP contribution in [0.25, 0.3) is 0 Å². The van der Waals surface area contributed by atoms with Crippen molar-refractivity contribution in [1.82, 2.24) is 14.5 Å². The van der Waals surface area contributed by atoms with Gasteiger partial charge in [-0.2, -0.15) is 0 Å². The third-order valence-corrected chi connectivity index (χ3v) is 6.87. The number of benzene rings is 1. The smallest absolute Gasteiger partial charge is 0.241 e. The minimum absolute atomic E-state index is 0.187. The molecular formula is C19H29N3O4S. The van der Waals surface area contributed by atoms with Crippen molar-refractivity contribution in [2.45, 2.75) is 43.6 Å². The van der Waals surface area contributed by atoms with Gasteiger partial charge in [-0.3, -0.25) is 4.79 Å². The van der Waals surface area contributed by atoms with E-state index in [4.69, 9.17) is 4.74 Å². The number of piperazine rings is 1. The summed E-state index contributed by atoms with van der Waals surface area (Å²) in [7, 11) is -1.74. The maximum absolute atomic E-state index is 12.6. The van der Waals surface area contributed by atoms with E-state index < -0.39 is 10.0 Å². The number of ether oxygens (including phenoxy) is 1. The van der Waals surface area contributed by atoms with E-state index in [0.717, 1.165) is 25.9 Å². The Morgan fingerprint density at radius 2 is 1.85 bits per heavy atom. The molecule has 1 N–H and O–H groups in total. The molecule has 1 heterocycles. The Hall–Kier alpha value is -1.64. The summed E-state index contributed by atoms with van der Waals surface area (Å²) in [5.74, 6) is 0.511. The standard InChI is InChI=1S/C19H29N3O4S/c1-15-13-17(26-16-5-3-4-6-16)7-8-18(15)27(24,25)20-14-19(23)22-11-9-21(2)10-12-22/h7-8,13,16,20H,3-6,9-12,14H2,1-2H3. The lowest BCUT2D eigenvalue weighted by Gasteiger charge is -2.32. The summed E-state index contributed by atoms with van der Waals surface area (Å²) in [5, 5.41) is 0. The Balaban J connectivity index is 1.59. The topological polar surface area (TPSA) is 78.9 Å². The molecule has 8 heteroatoms. The van der Waals surface area contributed by atoms with Crippen LogP contribution in [0.4, 0.5) is 0 Å². The number of nitrogens with zero attached hydrogens (tertiary/aromatic N) is 2. The molecule has 0 radical (unpaired) electrons. The Morgan fingerprint density at radius 3 is 2.48 bits per heavy atom. The molecule has 0 bridgehead atoms. The maximum Gasteiger partial charge on any atom is 0.241 e. The molecule has 1 aromatic carbocycles. The molecule has 1 aromatic rings. The molecule has 2 aliphatic rings. The lowest BCUT2D eigenvalue weighted by molar-refractivity contribution is -0.131. The number of rotatable bonds is 6. The van der Waals surface area contributed by atoms with E-state index in [2.05, 4.69) is 9.62 Å². The zero-order chi connectivity index (χ0) is 19.4. The molecule has 1 saturated heterocycles. The zero-order valence-corrected chi connectivity index (χ0v) is 16.9. The lowest BCUT2D eigenvalue weighted by Crippen LogP contribution is -2.50. The zero-order valence-electron chi connectivity index (χ0n) is 16.1. The van der Waals surface area contributed by atoms with Crippen LogP contribution in [0.1, 0.15) is 31.2 Å². The molecule has 1 amide bonds. The van der Waals surface area contributed by atoms with Crippen LogP contribution in [-0.4, -0.2) is 70.0 Å². The fourth-order valence-electron chi connectivity index (χ4n) is 3.60. The van der Waals surface area contributed by atoms with Crippen molar-refractivity contribution < 1.29 is 17.9 Å². The highest BCUT2D eigenvalue weighted by Gasteiger charge is 2.23. The van der Waals surface area contributed by atoms with Crippen LogP contribution in [0.5, 0.6) is 5.75 Å². The van der Waals surface area contributed by atoms with Gasteiger partial charge in [0.25, 0.3) is 0 Å². The fourth-order valence-corrected chi connectivity index (χ4v) is 4.80. The summed E-state index contributed by atoms with van der Waals surface area (Å²) < 4.78 is 33.6. The van der Waals surface area contributed by atoms with Gasteiger partial charge in [-0.15, -0.1) is 0 Å². The molecule has 1 aliphatic heterocycles. The number of nitrogens with one attached hydrogen (secondary N) is 1. The van der Waals surface area contributed by atoms with Gasteiger partial charge in [0.2, 0.25) is 15.9 Å². The van der Waals surface area contributed by atoms with Gasteiger partial charge in [-0.1, -0.05) is 0 Å². The first-order valence-electron chi connectivity index (χ1n) is 9.58. The second-order valence-electron chi connectivity index (χ2n) is 7.46. The van der Waals surface area contributed by atoms with Crippen molar-refractivity contribution in [3.05, 3.63) is 23.8 Å². The second-order valence-corrected chi connectivity index (χ2v) is 9.20. The molecule has 2 fully saturated rings. The molecule has 1 saturated carbocycles. The molecule has 0 atom stereocenters. The van der Waals surface area contributed by atoms with Crippen LogP contribution < -0.4 is 9.46 Å². The minimum atomic E-state index is -3.74. The number of likely N-dealkylation sites (N-methyl/N-ethyl adjacent to an activating group) is 1. The summed E-state index contributed by atoms with van der Waals surface area (Å²) >= 11 is 0. The van der Waals surface area contributed by atoms with E-state index in [1.165, 1.54) is 12.8 Å². The van der Waals surface area contributed by atoms with E-state index >= 15 is 0 Å². The first-order valence-corrected chi connectivity index (χ1v) is 11.1. The number of hydrogen-bond acceptors (Lipinski definition) is 5. The van der Waals surface area contributed by atoms with E-state index in [9.17, 15) is 13.2 Å². The van der Waals surface area contributed by atoms with E-state index in [1.807, 2.05) is 7.05 Å². The maximum atomic E-state index is 12.6. The molecule has 27 heavy (non-hydrogen) atoms. The van der Waals surface area contributed by atoms with Crippen molar-refractivity contribution in [2.24, 2.45) is 0 Å². The van der Waals surface area contributed by atoms with E-state index in [0.29, 0.717) is 24.4 Å². The highest BCUT2D eigenvalue weighted by Crippen LogP contribution is 2.26. The Labute approximate surface area is 161 Å². The Morgan fingerprint density at radius 1 is 1.19 bits per heavy atom. The molecule has 1 aliphatic carbocycles. The Kier molecular flexibility index (Phi) is 6.39. The van der Waals surface area contributed by atoms with Crippen LogP contribution in [0, 0.1) is 6.92 Å². The minimum Gasteiger partial charge on any atom is -0.490 e. The number of aryl methyl sites for hydroxylation is 1. The van der Waals surface area contributed by atoms with Gasteiger partial charge in [0.1, 0.15) is 5.75 Å². The molecule has 0 aromatic heterocycles. The lowest BCUT2D eigenvalue weighted by atomic mass is 10.2. The van der Waals surface area contributed by atoms with Gasteiger partial charge in [-0.05, 0) is 63.4 Å². The van der Waals surface area contributed by atoms with Crippen LogP contribution >= 0.6 is 0 Å². The summed E-state index contributed by atoms with van der Waals surface area (Å²) in [6, 6.07) is 5.01. The molecular weight excluding hydrogens is 366 g/mol. The second kappa shape index (κ2) is 8.58. The van der Waals surface area contributed by atoms with Crippen LogP contribution in [0.3, 0.4) is 0 Å². The predicted octanol–water partition coefficient (Wildman–Crippen LogP) is 1.37. The van der Waals surface area contributed by atoms with Gasteiger partial charge < -0.3 is 14.5 Å². The van der Waals surface area contributed by atoms with Gasteiger partial charge in [0.05, 0.1) is 17.5 Å². The van der Waals surface area contributed by atoms with Crippen molar-refractivity contribution in [2.75, 3.05) is 39.8 Å². The van der Waals surface area contributed by atoms with Gasteiger partial charge in [0.15, 0.2) is 0 Å². The average Bonchev–Trinajstić information content (AvgIpc) is 3.13. The van der Waals surface area contributed by atoms with Crippen LogP contribution in [0.15, 0.2) is 23.1 Å². The van der Waals surface area contributed by atoms with Crippen LogP contribution in [-0.2, 0) is 14.8 Å². The summed E-state index contributed by atoms with van der Waals surface area (Å²) in [6.45, 7) is 4.40. The van der Waals surface area contributed by atoms with Gasteiger partial charge in [-0.25, -0.2) is 13.1 Å². The fraction of sp³-hybridized carbons (Fsp3) is 0.632. The summed E-state index contributed by atoms with van der Waals surface area (Å²) in [4.78, 5) is 16.3. The molecule has 0 unspecified atom stereocenters. The van der Waals surface area contributed by atoms with Gasteiger partial charge in [0, 0.05) is 26.2 Å².